The lowest BCUT2D eigenvalue weighted by atomic mass is 10.1. The number of ether oxygens (including phenoxy) is 4. The zero-order valence-corrected chi connectivity index (χ0v) is 23.6. The number of allylic oxidation sites excluding steroid dienone is 2. The summed E-state index contributed by atoms with van der Waals surface area (Å²) in [6.07, 6.45) is 2.19. The normalized spacial score (nSPS) is 14.2. The molecule has 1 atom stereocenters. The Morgan fingerprint density at radius 3 is 2.60 bits per heavy atom. The predicted molar refractivity (Wildman–Crippen MR) is 142 cm³/mol. The number of esters is 2. The van der Waals surface area contributed by atoms with Gasteiger partial charge in [-0.25, -0.2) is 8.42 Å². The molecule has 42 heavy (non-hydrogen) atoms. The first-order valence-electron chi connectivity index (χ1n) is 13.1. The average molecular weight is 601 g/mol. The molecule has 0 radical (unpaired) electrons. The molecule has 3 aromatic rings. The van der Waals surface area contributed by atoms with Crippen LogP contribution in [-0.4, -0.2) is 44.0 Å². The van der Waals surface area contributed by atoms with Gasteiger partial charge >= 0.3 is 22.8 Å². The van der Waals surface area contributed by atoms with Gasteiger partial charge in [0.05, 0.1) is 35.1 Å². The van der Waals surface area contributed by atoms with Gasteiger partial charge in [0.25, 0.3) is 9.84 Å². The van der Waals surface area contributed by atoms with Crippen molar-refractivity contribution in [3.63, 3.8) is 0 Å². The van der Waals surface area contributed by atoms with Gasteiger partial charge in [-0.05, 0) is 54.7 Å². The predicted octanol–water partition coefficient (Wildman–Crippen LogP) is 3.49. The average Bonchev–Trinajstić information content (AvgIpc) is 3.50. The zero-order chi connectivity index (χ0) is 30.3. The van der Waals surface area contributed by atoms with Crippen molar-refractivity contribution in [2.24, 2.45) is 0 Å². The molecule has 2 heterocycles. The SMILES string of the molecule is CCC/C=C1/Oc2ccc(OC(=O)CCC(=O)OC(C)CCOc3no[n+]([O-])c3S(=O)(=O)c3ccccc3)cc2C1=O. The van der Waals surface area contributed by atoms with Crippen molar-refractivity contribution >= 4 is 27.6 Å². The van der Waals surface area contributed by atoms with Crippen molar-refractivity contribution in [1.29, 1.82) is 0 Å². The van der Waals surface area contributed by atoms with E-state index < -0.39 is 38.8 Å². The van der Waals surface area contributed by atoms with Crippen LogP contribution >= 0.6 is 0 Å². The van der Waals surface area contributed by atoms with E-state index in [0.29, 0.717) is 17.7 Å². The highest BCUT2D eigenvalue weighted by molar-refractivity contribution is 7.91. The number of nitrogens with zero attached hydrogens (tertiary/aromatic N) is 2. The third-order valence-electron chi connectivity index (χ3n) is 5.97. The molecule has 0 bridgehead atoms. The van der Waals surface area contributed by atoms with Gasteiger partial charge in [0.2, 0.25) is 5.78 Å². The van der Waals surface area contributed by atoms with E-state index in [1.165, 1.54) is 42.5 Å². The number of benzene rings is 2. The maximum atomic E-state index is 12.8. The molecule has 14 heteroatoms. The molecule has 1 aromatic heterocycles. The largest absolute Gasteiger partial charge is 0.463 e. The maximum absolute atomic E-state index is 12.8. The molecule has 4 rings (SSSR count). The van der Waals surface area contributed by atoms with Gasteiger partial charge in [-0.2, -0.15) is 0 Å². The quantitative estimate of drug-likeness (QED) is 0.121. The second-order valence-electron chi connectivity index (χ2n) is 9.21. The third kappa shape index (κ3) is 7.13. The minimum atomic E-state index is -4.26. The monoisotopic (exact) mass is 600 g/mol. The number of hydrogen-bond acceptors (Lipinski definition) is 12. The minimum absolute atomic E-state index is 0.118. The molecule has 0 spiro atoms. The number of ketones is 1. The fraction of sp³-hybridized carbons (Fsp3) is 0.321. The smallest absolute Gasteiger partial charge is 0.414 e. The first-order chi connectivity index (χ1) is 20.1. The van der Waals surface area contributed by atoms with Crippen LogP contribution in [0.4, 0.5) is 0 Å². The highest BCUT2D eigenvalue weighted by Gasteiger charge is 2.36. The van der Waals surface area contributed by atoms with Crippen LogP contribution in [0.5, 0.6) is 17.4 Å². The van der Waals surface area contributed by atoms with Crippen molar-refractivity contribution in [3.8, 4) is 17.4 Å². The van der Waals surface area contributed by atoms with Crippen LogP contribution in [0.15, 0.2) is 74.9 Å². The summed E-state index contributed by atoms with van der Waals surface area (Å²) < 4.78 is 51.4. The minimum Gasteiger partial charge on any atom is -0.463 e. The Morgan fingerprint density at radius 2 is 1.86 bits per heavy atom. The molecule has 1 aliphatic heterocycles. The Bertz CT molecular complexity index is 1600. The molecule has 222 valence electrons. The van der Waals surface area contributed by atoms with Crippen LogP contribution in [0.25, 0.3) is 0 Å². The number of unbranched alkanes of at least 4 members (excludes halogenated alkanes) is 1. The van der Waals surface area contributed by atoms with E-state index in [2.05, 4.69) is 9.79 Å². The number of carbonyl (C=O) groups excluding carboxylic acids is 3. The summed E-state index contributed by atoms with van der Waals surface area (Å²) >= 11 is 0. The molecule has 0 amide bonds. The molecule has 0 fully saturated rings. The van der Waals surface area contributed by atoms with Crippen molar-refractivity contribution < 1.29 is 51.3 Å². The van der Waals surface area contributed by atoms with E-state index >= 15 is 0 Å². The number of aromatic nitrogens is 2. The molecular weight excluding hydrogens is 572 g/mol. The number of rotatable bonds is 13. The number of carbonyl (C=O) groups is 3. The van der Waals surface area contributed by atoms with Crippen molar-refractivity contribution in [2.45, 2.75) is 62.0 Å². The van der Waals surface area contributed by atoms with E-state index in [0.717, 1.165) is 6.42 Å². The highest BCUT2D eigenvalue weighted by atomic mass is 32.2. The van der Waals surface area contributed by atoms with Gasteiger partial charge < -0.3 is 24.2 Å². The summed E-state index contributed by atoms with van der Waals surface area (Å²) in [5.74, 6) is -1.41. The van der Waals surface area contributed by atoms with E-state index in [-0.39, 0.29) is 53.0 Å². The highest BCUT2D eigenvalue weighted by Crippen LogP contribution is 2.34. The van der Waals surface area contributed by atoms with E-state index in [9.17, 15) is 28.0 Å². The van der Waals surface area contributed by atoms with Crippen LogP contribution in [-0.2, 0) is 24.2 Å². The number of fused-ring (bicyclic) bond motifs is 1. The molecule has 2 aromatic carbocycles. The summed E-state index contributed by atoms with van der Waals surface area (Å²) in [6, 6.07) is 11.7. The van der Waals surface area contributed by atoms with Gasteiger partial charge in [0, 0.05) is 6.42 Å². The summed E-state index contributed by atoms with van der Waals surface area (Å²) in [5, 5.41) is 14.5. The summed E-state index contributed by atoms with van der Waals surface area (Å²) in [7, 11) is -4.26. The summed E-state index contributed by atoms with van der Waals surface area (Å²) in [5.41, 5.74) is 0.290. The van der Waals surface area contributed by atoms with Crippen LogP contribution in [0, 0.1) is 5.21 Å². The second-order valence-corrected chi connectivity index (χ2v) is 11.1. The maximum Gasteiger partial charge on any atom is 0.414 e. The Labute approximate surface area is 241 Å². The van der Waals surface area contributed by atoms with Gasteiger partial charge in [-0.1, -0.05) is 31.5 Å². The fourth-order valence-electron chi connectivity index (χ4n) is 3.84. The first kappa shape index (κ1) is 30.2. The summed E-state index contributed by atoms with van der Waals surface area (Å²) in [4.78, 5) is 36.6. The van der Waals surface area contributed by atoms with Crippen molar-refractivity contribution in [3.05, 3.63) is 71.1 Å². The Balaban J connectivity index is 1.22. The van der Waals surface area contributed by atoms with Gasteiger partial charge in [0.1, 0.15) is 17.6 Å². The van der Waals surface area contributed by atoms with E-state index in [1.54, 1.807) is 19.1 Å². The van der Waals surface area contributed by atoms with Crippen molar-refractivity contribution in [2.75, 3.05) is 6.61 Å². The lowest BCUT2D eigenvalue weighted by Crippen LogP contribution is -2.31. The zero-order valence-electron chi connectivity index (χ0n) is 22.8. The number of Topliss-reactive ketones (excluding diaryl/α,β-unsaturated/α-hetero) is 1. The van der Waals surface area contributed by atoms with E-state index in [4.69, 9.17) is 18.9 Å². The van der Waals surface area contributed by atoms with Gasteiger partial charge in [-0.3, -0.25) is 19.0 Å². The third-order valence-corrected chi connectivity index (χ3v) is 7.70. The molecule has 1 aliphatic rings. The van der Waals surface area contributed by atoms with E-state index in [1.807, 2.05) is 6.92 Å². The van der Waals surface area contributed by atoms with Gasteiger partial charge in [0.15, 0.2) is 5.76 Å². The first-order valence-corrected chi connectivity index (χ1v) is 14.6. The van der Waals surface area contributed by atoms with Crippen LogP contribution in [0.1, 0.15) is 56.3 Å². The van der Waals surface area contributed by atoms with Crippen LogP contribution in [0.2, 0.25) is 0 Å². The standard InChI is InChI=1S/C28H28N2O11S/c1-3-4-10-23-26(33)21-17-19(11-12-22(21)40-23)39-25(32)14-13-24(31)38-18(2)15-16-37-27-28(30(34)41-29-27)42(35,36)20-8-6-5-7-9-20/h5-12,17-18H,3-4,13-16H2,1-2H3/b23-10+. The second kappa shape index (κ2) is 13.3. The van der Waals surface area contributed by atoms with Gasteiger partial charge in [-0.15, -0.1) is 0 Å². The molecule has 1 unspecified atom stereocenters. The lowest BCUT2D eigenvalue weighted by molar-refractivity contribution is -0.832. The molecule has 13 nitrogen and oxygen atoms in total. The Kier molecular flexibility index (Phi) is 9.57. The Morgan fingerprint density at radius 1 is 1.12 bits per heavy atom. The van der Waals surface area contributed by atoms with Crippen LogP contribution < -0.4 is 19.1 Å². The van der Waals surface area contributed by atoms with Crippen molar-refractivity contribution in [1.82, 2.24) is 5.16 Å². The Hall–Kier alpha value is -4.72. The number of hydrogen-bond donors (Lipinski definition) is 0. The molecule has 0 saturated heterocycles. The topological polar surface area (TPSA) is 175 Å². The molecular formula is C28H28N2O11S. The fourth-order valence-corrected chi connectivity index (χ4v) is 5.13. The summed E-state index contributed by atoms with van der Waals surface area (Å²) in [6.45, 7) is 3.40. The molecule has 0 aliphatic carbocycles. The lowest BCUT2D eigenvalue weighted by Gasteiger charge is -2.13. The number of sulfone groups is 1. The molecule has 0 N–H and O–H groups in total. The molecule has 0 saturated carbocycles. The van der Waals surface area contributed by atoms with Crippen LogP contribution in [0.3, 0.4) is 0 Å².